The average molecular weight is 265 g/mol. The van der Waals surface area contributed by atoms with Gasteiger partial charge in [-0.2, -0.15) is 4.98 Å². The van der Waals surface area contributed by atoms with E-state index in [-0.39, 0.29) is 6.10 Å². The van der Waals surface area contributed by atoms with Crippen LogP contribution in [0.15, 0.2) is 22.0 Å². The number of aliphatic hydroxyl groups is 1. The van der Waals surface area contributed by atoms with Crippen LogP contribution in [0.2, 0.25) is 0 Å². The minimum Gasteiger partial charge on any atom is -0.393 e. The number of nitrogens with zero attached hydrogens (tertiary/aromatic N) is 3. The predicted octanol–water partition coefficient (Wildman–Crippen LogP) is 1.75. The van der Waals surface area contributed by atoms with E-state index in [1.54, 1.807) is 11.3 Å². The van der Waals surface area contributed by atoms with Crippen LogP contribution in [0.5, 0.6) is 0 Å². The van der Waals surface area contributed by atoms with Gasteiger partial charge in [0.05, 0.1) is 17.5 Å². The monoisotopic (exact) mass is 265 g/mol. The van der Waals surface area contributed by atoms with E-state index in [0.29, 0.717) is 18.3 Å². The van der Waals surface area contributed by atoms with Crippen molar-refractivity contribution >= 4 is 11.3 Å². The topological polar surface area (TPSA) is 62.4 Å². The van der Waals surface area contributed by atoms with Crippen molar-refractivity contribution in [1.29, 1.82) is 0 Å². The van der Waals surface area contributed by atoms with Gasteiger partial charge in [0.15, 0.2) is 0 Å². The Morgan fingerprint density at radius 2 is 2.28 bits per heavy atom. The van der Waals surface area contributed by atoms with E-state index >= 15 is 0 Å². The van der Waals surface area contributed by atoms with E-state index in [9.17, 15) is 5.11 Å². The quantitative estimate of drug-likeness (QED) is 0.916. The van der Waals surface area contributed by atoms with Gasteiger partial charge >= 0.3 is 0 Å². The van der Waals surface area contributed by atoms with Crippen LogP contribution in [0.3, 0.4) is 0 Å². The van der Waals surface area contributed by atoms with E-state index < -0.39 is 0 Å². The third-order valence-corrected chi connectivity index (χ3v) is 3.99. The Balaban J connectivity index is 1.64. The number of aromatic nitrogens is 2. The lowest BCUT2D eigenvalue weighted by atomic mass is 10.1. The Bertz CT molecular complexity index is 489. The van der Waals surface area contributed by atoms with Crippen LogP contribution in [0, 0.1) is 0 Å². The number of thiophene rings is 1. The van der Waals surface area contributed by atoms with E-state index in [4.69, 9.17) is 4.52 Å². The minimum atomic E-state index is -0.148. The Hall–Kier alpha value is -1.24. The zero-order valence-corrected chi connectivity index (χ0v) is 10.8. The highest BCUT2D eigenvalue weighted by Gasteiger charge is 2.19. The Labute approximate surface area is 109 Å². The summed E-state index contributed by atoms with van der Waals surface area (Å²) in [5.41, 5.74) is 0. The summed E-state index contributed by atoms with van der Waals surface area (Å²) in [6.07, 6.45) is 1.50. The lowest BCUT2D eigenvalue weighted by Gasteiger charge is -2.27. The van der Waals surface area contributed by atoms with Crippen LogP contribution < -0.4 is 0 Å². The van der Waals surface area contributed by atoms with Gasteiger partial charge in [0.2, 0.25) is 11.7 Å². The summed E-state index contributed by atoms with van der Waals surface area (Å²) in [5.74, 6) is 1.31. The van der Waals surface area contributed by atoms with E-state index in [0.717, 1.165) is 30.8 Å². The van der Waals surface area contributed by atoms with Crippen molar-refractivity contribution < 1.29 is 9.63 Å². The average Bonchev–Trinajstić information content (AvgIpc) is 3.02. The van der Waals surface area contributed by atoms with Gasteiger partial charge in [0.25, 0.3) is 0 Å². The fourth-order valence-electron chi connectivity index (χ4n) is 2.09. The fraction of sp³-hybridized carbons (Fsp3) is 0.500. The Kier molecular flexibility index (Phi) is 3.40. The lowest BCUT2D eigenvalue weighted by molar-refractivity contribution is 0.0740. The van der Waals surface area contributed by atoms with Gasteiger partial charge in [-0.05, 0) is 24.3 Å². The molecule has 3 rings (SSSR count). The van der Waals surface area contributed by atoms with Crippen molar-refractivity contribution in [3.8, 4) is 10.7 Å². The smallest absolute Gasteiger partial charge is 0.241 e. The van der Waals surface area contributed by atoms with Gasteiger partial charge in [-0.25, -0.2) is 0 Å². The van der Waals surface area contributed by atoms with Gasteiger partial charge < -0.3 is 9.63 Å². The van der Waals surface area contributed by atoms with E-state index in [1.807, 2.05) is 17.5 Å². The number of rotatable bonds is 3. The standard InChI is InChI=1S/C12H15N3O2S/c16-9-3-5-15(6-4-9)8-11-13-12(14-17-11)10-2-1-7-18-10/h1-2,7,9,16H,3-6,8H2. The normalized spacial score (nSPS) is 18.3. The van der Waals surface area contributed by atoms with Crippen molar-refractivity contribution in [3.63, 3.8) is 0 Å². The van der Waals surface area contributed by atoms with Crippen molar-refractivity contribution in [2.24, 2.45) is 0 Å². The second-order valence-corrected chi connectivity index (χ2v) is 5.44. The molecule has 18 heavy (non-hydrogen) atoms. The SMILES string of the molecule is OC1CCN(Cc2nc(-c3cccs3)no2)CC1. The first-order chi connectivity index (χ1) is 8.81. The summed E-state index contributed by atoms with van der Waals surface area (Å²) in [4.78, 5) is 7.66. The fourth-order valence-corrected chi connectivity index (χ4v) is 2.74. The van der Waals surface area contributed by atoms with Gasteiger partial charge in [0, 0.05) is 13.1 Å². The van der Waals surface area contributed by atoms with Crippen LogP contribution in [0.1, 0.15) is 18.7 Å². The maximum atomic E-state index is 9.45. The Morgan fingerprint density at radius 3 is 3.00 bits per heavy atom. The summed E-state index contributed by atoms with van der Waals surface area (Å²) in [7, 11) is 0. The maximum Gasteiger partial charge on any atom is 0.241 e. The van der Waals surface area contributed by atoms with E-state index in [1.165, 1.54) is 0 Å². The molecule has 1 fully saturated rings. The first-order valence-corrected chi connectivity index (χ1v) is 6.96. The molecule has 1 aliphatic heterocycles. The number of hydrogen-bond donors (Lipinski definition) is 1. The third kappa shape index (κ3) is 2.60. The molecule has 0 radical (unpaired) electrons. The van der Waals surface area contributed by atoms with Crippen LogP contribution in [-0.2, 0) is 6.54 Å². The molecule has 0 aromatic carbocycles. The van der Waals surface area contributed by atoms with Crippen molar-refractivity contribution in [2.45, 2.75) is 25.5 Å². The zero-order valence-electron chi connectivity index (χ0n) is 9.95. The van der Waals surface area contributed by atoms with Gasteiger partial charge in [-0.3, -0.25) is 4.90 Å². The van der Waals surface area contributed by atoms with Crippen LogP contribution >= 0.6 is 11.3 Å². The molecular formula is C12H15N3O2S. The largest absolute Gasteiger partial charge is 0.393 e. The third-order valence-electron chi connectivity index (χ3n) is 3.13. The number of piperidine rings is 1. The zero-order chi connectivity index (χ0) is 12.4. The summed E-state index contributed by atoms with van der Waals surface area (Å²) < 4.78 is 5.26. The molecule has 6 heteroatoms. The van der Waals surface area contributed by atoms with Crippen molar-refractivity contribution in [2.75, 3.05) is 13.1 Å². The molecule has 2 aromatic heterocycles. The molecule has 1 N–H and O–H groups in total. The molecular weight excluding hydrogens is 250 g/mol. The summed E-state index contributed by atoms with van der Waals surface area (Å²) in [6, 6.07) is 3.96. The summed E-state index contributed by atoms with van der Waals surface area (Å²) in [6.45, 7) is 2.45. The Morgan fingerprint density at radius 1 is 1.44 bits per heavy atom. The minimum absolute atomic E-state index is 0.148. The lowest BCUT2D eigenvalue weighted by Crippen LogP contribution is -2.35. The highest BCUT2D eigenvalue weighted by molar-refractivity contribution is 7.13. The van der Waals surface area contributed by atoms with Gasteiger partial charge in [0.1, 0.15) is 0 Å². The summed E-state index contributed by atoms with van der Waals surface area (Å²) >= 11 is 1.60. The molecule has 2 aromatic rings. The second kappa shape index (κ2) is 5.17. The first kappa shape index (κ1) is 11.8. The van der Waals surface area contributed by atoms with E-state index in [2.05, 4.69) is 15.0 Å². The maximum absolute atomic E-state index is 9.45. The van der Waals surface area contributed by atoms with Crippen molar-refractivity contribution in [1.82, 2.24) is 15.0 Å². The summed E-state index contributed by atoms with van der Waals surface area (Å²) in [5, 5.41) is 15.4. The molecule has 3 heterocycles. The second-order valence-electron chi connectivity index (χ2n) is 4.50. The number of hydrogen-bond acceptors (Lipinski definition) is 6. The predicted molar refractivity (Wildman–Crippen MR) is 68.1 cm³/mol. The van der Waals surface area contributed by atoms with Gasteiger partial charge in [-0.15, -0.1) is 11.3 Å². The van der Waals surface area contributed by atoms with Gasteiger partial charge in [-0.1, -0.05) is 11.2 Å². The highest BCUT2D eigenvalue weighted by Crippen LogP contribution is 2.22. The highest BCUT2D eigenvalue weighted by atomic mass is 32.1. The molecule has 0 aliphatic carbocycles. The molecule has 96 valence electrons. The molecule has 0 atom stereocenters. The first-order valence-electron chi connectivity index (χ1n) is 6.08. The van der Waals surface area contributed by atoms with Crippen LogP contribution in [0.25, 0.3) is 10.7 Å². The molecule has 0 saturated carbocycles. The van der Waals surface area contributed by atoms with Crippen LogP contribution in [-0.4, -0.2) is 39.3 Å². The number of likely N-dealkylation sites (tertiary alicyclic amines) is 1. The van der Waals surface area contributed by atoms with Crippen LogP contribution in [0.4, 0.5) is 0 Å². The molecule has 0 amide bonds. The number of aliphatic hydroxyl groups excluding tert-OH is 1. The molecule has 1 saturated heterocycles. The molecule has 0 bridgehead atoms. The molecule has 5 nitrogen and oxygen atoms in total. The van der Waals surface area contributed by atoms with Crippen molar-refractivity contribution in [3.05, 3.63) is 23.4 Å². The molecule has 1 aliphatic rings. The molecule has 0 spiro atoms. The molecule has 0 unspecified atom stereocenters.